The van der Waals surface area contributed by atoms with Gasteiger partial charge in [-0.1, -0.05) is 26.2 Å². The molecule has 0 heterocycles. The molecule has 0 rings (SSSR count). The van der Waals surface area contributed by atoms with Crippen molar-refractivity contribution in [2.45, 2.75) is 32.6 Å². The second-order valence-electron chi connectivity index (χ2n) is 2.34. The summed E-state index contributed by atoms with van der Waals surface area (Å²) in [6.07, 6.45) is 4.43. The van der Waals surface area contributed by atoms with Gasteiger partial charge >= 0.3 is 19.5 Å². The predicted octanol–water partition coefficient (Wildman–Crippen LogP) is 1.24. The average Bonchev–Trinajstić information content (AvgIpc) is 1.85. The summed E-state index contributed by atoms with van der Waals surface area (Å²) in [5, 5.41) is 0. The smallest absolute Gasteiger partial charge is 0.825 e. The van der Waals surface area contributed by atoms with Crippen LogP contribution in [-0.4, -0.2) is 5.75 Å². The van der Waals surface area contributed by atoms with Crippen molar-refractivity contribution >= 4 is 28.9 Å². The van der Waals surface area contributed by atoms with Crippen LogP contribution < -0.4 is 9.79 Å². The van der Waals surface area contributed by atoms with Crippen molar-refractivity contribution in [2.75, 3.05) is 5.75 Å². The number of hydrogen-bond acceptors (Lipinski definition) is 4. The van der Waals surface area contributed by atoms with Gasteiger partial charge in [-0.15, -0.1) is 11.8 Å². The molecular formula is C6H13O2PS2Zn. The van der Waals surface area contributed by atoms with Crippen LogP contribution in [0.15, 0.2) is 0 Å². The molecule has 0 aromatic carbocycles. The van der Waals surface area contributed by atoms with Gasteiger partial charge in [0.25, 0.3) is 0 Å². The van der Waals surface area contributed by atoms with Gasteiger partial charge in [0.15, 0.2) is 0 Å². The Labute approximate surface area is 96.2 Å². The summed E-state index contributed by atoms with van der Waals surface area (Å²) in [4.78, 5) is 20.9. The molecular weight excluding hydrogens is 265 g/mol. The van der Waals surface area contributed by atoms with Gasteiger partial charge in [-0.25, -0.2) is 0 Å². The zero-order valence-corrected chi connectivity index (χ0v) is 12.8. The SMILES string of the molecule is CCCCCCSP([O-])([O-])=S.[Zn+2]. The van der Waals surface area contributed by atoms with Gasteiger partial charge in [-0.05, 0) is 12.2 Å². The van der Waals surface area contributed by atoms with Crippen molar-refractivity contribution in [3.05, 3.63) is 0 Å². The van der Waals surface area contributed by atoms with E-state index < -0.39 is 5.69 Å². The Balaban J connectivity index is 0. The number of hydrogen-bond donors (Lipinski definition) is 0. The van der Waals surface area contributed by atoms with E-state index >= 15 is 0 Å². The van der Waals surface area contributed by atoms with Crippen molar-refractivity contribution in [3.63, 3.8) is 0 Å². The van der Waals surface area contributed by atoms with Crippen LogP contribution in [0.1, 0.15) is 32.6 Å². The maximum atomic E-state index is 10.5. The molecule has 0 radical (unpaired) electrons. The Morgan fingerprint density at radius 3 is 2.25 bits per heavy atom. The fourth-order valence-electron chi connectivity index (χ4n) is 0.705. The largest absolute Gasteiger partial charge is 2.00 e. The van der Waals surface area contributed by atoms with E-state index in [2.05, 4.69) is 18.7 Å². The quantitative estimate of drug-likeness (QED) is 0.416. The zero-order chi connectivity index (χ0) is 8.74. The maximum Gasteiger partial charge on any atom is 2.00 e. The summed E-state index contributed by atoms with van der Waals surface area (Å²) in [6.45, 7) is 2.12. The molecule has 0 bridgehead atoms. The Bertz CT molecular complexity index is 140. The second kappa shape index (κ2) is 9.11. The molecule has 68 valence electrons. The van der Waals surface area contributed by atoms with E-state index in [0.29, 0.717) is 5.75 Å². The standard InChI is InChI=1S/C6H15O2PS2.Zn/c1-2-3-4-5-6-11-9(7,8)10;/h2-6H2,1H3,(H2,7,8,10);/q;+2/p-2. The number of unbranched alkanes of at least 4 members (excludes halogenated alkanes) is 3. The Morgan fingerprint density at radius 1 is 1.25 bits per heavy atom. The van der Waals surface area contributed by atoms with Gasteiger partial charge < -0.3 is 9.79 Å². The van der Waals surface area contributed by atoms with E-state index in [0.717, 1.165) is 24.2 Å². The third kappa shape index (κ3) is 14.1. The van der Waals surface area contributed by atoms with E-state index in [1.54, 1.807) is 0 Å². The average molecular weight is 278 g/mol. The molecule has 0 saturated heterocycles. The molecule has 0 unspecified atom stereocenters. The van der Waals surface area contributed by atoms with Crippen molar-refractivity contribution < 1.29 is 29.3 Å². The fraction of sp³-hybridized carbons (Fsp3) is 1.00. The van der Waals surface area contributed by atoms with E-state index in [1.807, 2.05) is 0 Å². The molecule has 0 aromatic heterocycles. The minimum Gasteiger partial charge on any atom is -0.825 e. The van der Waals surface area contributed by atoms with Crippen LogP contribution in [0.5, 0.6) is 0 Å². The van der Waals surface area contributed by atoms with E-state index in [-0.39, 0.29) is 19.5 Å². The molecule has 6 heteroatoms. The van der Waals surface area contributed by atoms with Gasteiger partial charge in [-0.3, -0.25) is 0 Å². The molecule has 0 saturated carbocycles. The number of rotatable bonds is 6. The molecule has 0 aliphatic carbocycles. The second-order valence-corrected chi connectivity index (χ2v) is 8.25. The first-order valence-electron chi connectivity index (χ1n) is 3.73. The first kappa shape index (κ1) is 16.0. The Morgan fingerprint density at radius 2 is 1.83 bits per heavy atom. The van der Waals surface area contributed by atoms with Gasteiger partial charge in [0.2, 0.25) is 0 Å². The van der Waals surface area contributed by atoms with Crippen LogP contribution in [0, 0.1) is 0 Å². The monoisotopic (exact) mass is 276 g/mol. The predicted molar refractivity (Wildman–Crippen MR) is 50.9 cm³/mol. The topological polar surface area (TPSA) is 46.1 Å². The summed E-state index contributed by atoms with van der Waals surface area (Å²) in [5.74, 6) is 0.657. The molecule has 0 spiro atoms. The molecule has 0 aliphatic heterocycles. The van der Waals surface area contributed by atoms with Crippen LogP contribution in [-0.2, 0) is 31.3 Å². The third-order valence-corrected chi connectivity index (χ3v) is 4.48. The minimum atomic E-state index is -3.46. The van der Waals surface area contributed by atoms with Gasteiger partial charge in [0.1, 0.15) is 0 Å². The summed E-state index contributed by atoms with van der Waals surface area (Å²) >= 11 is 5.12. The fourth-order valence-corrected chi connectivity index (χ4v) is 2.99. The van der Waals surface area contributed by atoms with Gasteiger partial charge in [-0.2, -0.15) is 17.1 Å². The minimum absolute atomic E-state index is 0. The molecule has 0 atom stereocenters. The molecule has 0 amide bonds. The van der Waals surface area contributed by atoms with E-state index in [4.69, 9.17) is 0 Å². The van der Waals surface area contributed by atoms with Crippen molar-refractivity contribution in [1.82, 2.24) is 0 Å². The first-order valence-corrected chi connectivity index (χ1v) is 7.95. The van der Waals surface area contributed by atoms with Crippen LogP contribution in [0.2, 0.25) is 0 Å². The third-order valence-electron chi connectivity index (χ3n) is 1.25. The summed E-state index contributed by atoms with van der Waals surface area (Å²) in [6, 6.07) is 0. The van der Waals surface area contributed by atoms with Crippen molar-refractivity contribution in [3.8, 4) is 0 Å². The normalized spacial score (nSPS) is 10.9. The van der Waals surface area contributed by atoms with E-state index in [1.165, 1.54) is 12.8 Å². The van der Waals surface area contributed by atoms with Gasteiger partial charge in [0.05, 0.1) is 0 Å². The summed E-state index contributed by atoms with van der Waals surface area (Å²) in [7, 11) is 0. The van der Waals surface area contributed by atoms with Gasteiger partial charge in [0, 0.05) is 0 Å². The maximum absolute atomic E-state index is 10.5. The zero-order valence-electron chi connectivity index (χ0n) is 7.32. The molecule has 0 fully saturated rings. The molecule has 0 aliphatic rings. The Hall–Kier alpha value is 1.54. The van der Waals surface area contributed by atoms with Crippen LogP contribution in [0.4, 0.5) is 0 Å². The molecule has 0 N–H and O–H groups in total. The van der Waals surface area contributed by atoms with Crippen molar-refractivity contribution in [1.29, 1.82) is 0 Å². The van der Waals surface area contributed by atoms with E-state index in [9.17, 15) is 9.79 Å². The van der Waals surface area contributed by atoms with Crippen LogP contribution in [0.3, 0.4) is 0 Å². The van der Waals surface area contributed by atoms with Crippen LogP contribution in [0.25, 0.3) is 0 Å². The van der Waals surface area contributed by atoms with Crippen molar-refractivity contribution in [2.24, 2.45) is 0 Å². The van der Waals surface area contributed by atoms with Crippen LogP contribution >= 0.6 is 17.1 Å². The summed E-state index contributed by atoms with van der Waals surface area (Å²) in [5.41, 5.74) is -3.46. The first-order chi connectivity index (χ1) is 5.06. The summed E-state index contributed by atoms with van der Waals surface area (Å²) < 4.78 is 0. The Kier molecular flexibility index (Phi) is 12.1. The molecule has 0 aromatic rings. The molecule has 2 nitrogen and oxygen atoms in total. The molecule has 12 heavy (non-hydrogen) atoms.